The van der Waals surface area contributed by atoms with Gasteiger partial charge in [-0.05, 0) is 36.4 Å². The Hall–Kier alpha value is -2.94. The van der Waals surface area contributed by atoms with Crippen LogP contribution in [-0.4, -0.2) is 56.3 Å². The molecular formula is C23H25N3O4S. The van der Waals surface area contributed by atoms with E-state index in [0.717, 1.165) is 49.1 Å². The molecule has 1 amide bonds. The second-order valence-corrected chi connectivity index (χ2v) is 8.02. The molecule has 162 valence electrons. The summed E-state index contributed by atoms with van der Waals surface area (Å²) in [6.45, 7) is 4.30. The maximum atomic E-state index is 12.7. The lowest BCUT2D eigenvalue weighted by molar-refractivity contribution is 0.0337. The van der Waals surface area contributed by atoms with E-state index >= 15 is 0 Å². The number of aromatic nitrogens is 1. The van der Waals surface area contributed by atoms with Crippen LogP contribution in [0.4, 0.5) is 5.69 Å². The second-order valence-electron chi connectivity index (χ2n) is 7.17. The third-order valence-electron chi connectivity index (χ3n) is 5.04. The molecule has 0 bridgehead atoms. The van der Waals surface area contributed by atoms with Gasteiger partial charge in [0.2, 0.25) is 0 Å². The molecule has 0 radical (unpaired) electrons. The topological polar surface area (TPSA) is 72.9 Å². The minimum absolute atomic E-state index is 0.230. The van der Waals surface area contributed by atoms with Crippen LogP contribution in [0.15, 0.2) is 47.8 Å². The van der Waals surface area contributed by atoms with Crippen LogP contribution in [0.3, 0.4) is 0 Å². The second kappa shape index (κ2) is 9.91. The molecule has 1 aliphatic heterocycles. The molecular weight excluding hydrogens is 414 g/mol. The number of benzene rings is 2. The molecule has 0 saturated carbocycles. The van der Waals surface area contributed by atoms with Crippen LogP contribution < -0.4 is 14.8 Å². The van der Waals surface area contributed by atoms with Crippen molar-refractivity contribution < 1.29 is 19.0 Å². The first kappa shape index (κ1) is 21.3. The van der Waals surface area contributed by atoms with Crippen LogP contribution in [0.25, 0.3) is 10.6 Å². The molecule has 31 heavy (non-hydrogen) atoms. The third kappa shape index (κ3) is 5.41. The molecule has 1 fully saturated rings. The van der Waals surface area contributed by atoms with Crippen molar-refractivity contribution in [3.8, 4) is 22.1 Å². The van der Waals surface area contributed by atoms with E-state index in [1.54, 1.807) is 43.8 Å². The highest BCUT2D eigenvalue weighted by Gasteiger charge is 2.14. The summed E-state index contributed by atoms with van der Waals surface area (Å²) in [5.41, 5.74) is 3.28. The van der Waals surface area contributed by atoms with E-state index in [0.29, 0.717) is 22.7 Å². The Bertz CT molecular complexity index is 1010. The predicted octanol–water partition coefficient (Wildman–Crippen LogP) is 3.91. The van der Waals surface area contributed by atoms with E-state index in [4.69, 9.17) is 19.2 Å². The summed E-state index contributed by atoms with van der Waals surface area (Å²) >= 11 is 1.63. The van der Waals surface area contributed by atoms with Crippen molar-refractivity contribution in [3.63, 3.8) is 0 Å². The first-order valence-electron chi connectivity index (χ1n) is 10.0. The first-order chi connectivity index (χ1) is 15.1. The van der Waals surface area contributed by atoms with Crippen molar-refractivity contribution in [1.29, 1.82) is 0 Å². The van der Waals surface area contributed by atoms with Gasteiger partial charge in [0.25, 0.3) is 5.91 Å². The molecule has 1 aliphatic rings. The number of nitrogens with zero attached hydrogens (tertiary/aromatic N) is 2. The number of amides is 1. The Labute approximate surface area is 185 Å². The van der Waals surface area contributed by atoms with Crippen molar-refractivity contribution >= 4 is 22.9 Å². The molecule has 2 heterocycles. The molecule has 1 N–H and O–H groups in total. The molecule has 0 aliphatic carbocycles. The maximum Gasteiger partial charge on any atom is 0.255 e. The highest BCUT2D eigenvalue weighted by atomic mass is 32.1. The van der Waals surface area contributed by atoms with E-state index in [1.807, 2.05) is 24.3 Å². The standard InChI is InChI=1S/C23H25N3O4S/c1-28-20-11-17(12-21(13-20)29-2)22(27)24-18-5-3-16(4-6-18)23-25-19(15-31-23)14-26-7-9-30-10-8-26/h3-6,11-13,15H,7-10,14H2,1-2H3,(H,24,27). The highest BCUT2D eigenvalue weighted by molar-refractivity contribution is 7.13. The van der Waals surface area contributed by atoms with Gasteiger partial charge < -0.3 is 19.5 Å². The average molecular weight is 440 g/mol. The molecule has 2 aromatic carbocycles. The molecule has 0 unspecified atom stereocenters. The number of morpholine rings is 1. The van der Waals surface area contributed by atoms with Crippen molar-refractivity contribution in [2.45, 2.75) is 6.54 Å². The van der Waals surface area contributed by atoms with Gasteiger partial charge in [0.15, 0.2) is 0 Å². The smallest absolute Gasteiger partial charge is 0.255 e. The zero-order valence-electron chi connectivity index (χ0n) is 17.6. The number of hydrogen-bond donors (Lipinski definition) is 1. The Balaban J connectivity index is 1.41. The number of rotatable bonds is 7. The molecule has 0 atom stereocenters. The number of methoxy groups -OCH3 is 2. The van der Waals surface area contributed by atoms with Crippen LogP contribution in [0.5, 0.6) is 11.5 Å². The quantitative estimate of drug-likeness (QED) is 0.602. The Morgan fingerprint density at radius 2 is 1.77 bits per heavy atom. The lowest BCUT2D eigenvalue weighted by Gasteiger charge is -2.25. The number of thiazole rings is 1. The zero-order chi connectivity index (χ0) is 21.6. The first-order valence-corrected chi connectivity index (χ1v) is 10.9. The lowest BCUT2D eigenvalue weighted by Crippen LogP contribution is -2.35. The minimum Gasteiger partial charge on any atom is -0.497 e. The van der Waals surface area contributed by atoms with Crippen molar-refractivity contribution in [3.05, 3.63) is 59.1 Å². The maximum absolute atomic E-state index is 12.7. The van der Waals surface area contributed by atoms with E-state index < -0.39 is 0 Å². The summed E-state index contributed by atoms with van der Waals surface area (Å²) in [4.78, 5) is 19.8. The zero-order valence-corrected chi connectivity index (χ0v) is 18.4. The molecule has 3 aromatic rings. The fourth-order valence-corrected chi connectivity index (χ4v) is 4.16. The largest absolute Gasteiger partial charge is 0.497 e. The van der Waals surface area contributed by atoms with Gasteiger partial charge in [-0.3, -0.25) is 9.69 Å². The Kier molecular flexibility index (Phi) is 6.81. The molecule has 0 spiro atoms. The van der Waals surface area contributed by atoms with Gasteiger partial charge in [-0.1, -0.05) is 0 Å². The minimum atomic E-state index is -0.230. The van der Waals surface area contributed by atoms with Crippen LogP contribution >= 0.6 is 11.3 Å². The van der Waals surface area contributed by atoms with Crippen LogP contribution in [0.2, 0.25) is 0 Å². The van der Waals surface area contributed by atoms with E-state index in [1.165, 1.54) is 0 Å². The average Bonchev–Trinajstić information content (AvgIpc) is 3.28. The summed E-state index contributed by atoms with van der Waals surface area (Å²) in [6, 6.07) is 12.8. The summed E-state index contributed by atoms with van der Waals surface area (Å²) < 4.78 is 15.9. The summed E-state index contributed by atoms with van der Waals surface area (Å²) in [5, 5.41) is 5.99. The number of carbonyl (C=O) groups is 1. The molecule has 8 heteroatoms. The SMILES string of the molecule is COc1cc(OC)cc(C(=O)Nc2ccc(-c3nc(CN4CCOCC4)cs3)cc2)c1. The monoisotopic (exact) mass is 439 g/mol. The van der Waals surface area contributed by atoms with Crippen molar-refractivity contribution in [2.75, 3.05) is 45.8 Å². The van der Waals surface area contributed by atoms with E-state index in [-0.39, 0.29) is 5.91 Å². The van der Waals surface area contributed by atoms with Crippen LogP contribution in [0, 0.1) is 0 Å². The number of nitrogens with one attached hydrogen (secondary N) is 1. The van der Waals surface area contributed by atoms with Gasteiger partial charge in [-0.2, -0.15) is 0 Å². The van der Waals surface area contributed by atoms with Gasteiger partial charge in [0, 0.05) is 47.9 Å². The molecule has 4 rings (SSSR count). The van der Waals surface area contributed by atoms with Gasteiger partial charge in [0.05, 0.1) is 33.1 Å². The van der Waals surface area contributed by atoms with Gasteiger partial charge >= 0.3 is 0 Å². The van der Waals surface area contributed by atoms with Gasteiger partial charge in [0.1, 0.15) is 16.5 Å². The normalized spacial score (nSPS) is 14.3. The number of ether oxygens (including phenoxy) is 3. The van der Waals surface area contributed by atoms with E-state index in [9.17, 15) is 4.79 Å². The number of carbonyl (C=O) groups excluding carboxylic acids is 1. The highest BCUT2D eigenvalue weighted by Crippen LogP contribution is 2.27. The fourth-order valence-electron chi connectivity index (χ4n) is 3.34. The van der Waals surface area contributed by atoms with Crippen molar-refractivity contribution in [1.82, 2.24) is 9.88 Å². The predicted molar refractivity (Wildman–Crippen MR) is 121 cm³/mol. The number of hydrogen-bond acceptors (Lipinski definition) is 7. The molecule has 1 aromatic heterocycles. The number of anilines is 1. The summed E-state index contributed by atoms with van der Waals surface area (Å²) in [5.74, 6) is 0.903. The summed E-state index contributed by atoms with van der Waals surface area (Å²) in [7, 11) is 3.11. The third-order valence-corrected chi connectivity index (χ3v) is 5.98. The van der Waals surface area contributed by atoms with Crippen LogP contribution in [-0.2, 0) is 11.3 Å². The molecule has 1 saturated heterocycles. The van der Waals surface area contributed by atoms with Gasteiger partial charge in [-0.25, -0.2) is 4.98 Å². The Morgan fingerprint density at radius 1 is 1.10 bits per heavy atom. The van der Waals surface area contributed by atoms with Crippen LogP contribution in [0.1, 0.15) is 16.1 Å². The fraction of sp³-hybridized carbons (Fsp3) is 0.304. The van der Waals surface area contributed by atoms with Crippen molar-refractivity contribution in [2.24, 2.45) is 0 Å². The summed E-state index contributed by atoms with van der Waals surface area (Å²) in [6.07, 6.45) is 0. The van der Waals surface area contributed by atoms with Gasteiger partial charge in [-0.15, -0.1) is 11.3 Å². The molecule has 7 nitrogen and oxygen atoms in total. The van der Waals surface area contributed by atoms with E-state index in [2.05, 4.69) is 15.6 Å². The lowest BCUT2D eigenvalue weighted by atomic mass is 10.1. The Morgan fingerprint density at radius 3 is 2.42 bits per heavy atom.